The molecule has 0 atom stereocenters. The number of hydrogen-bond donors (Lipinski definition) is 1. The third kappa shape index (κ3) is 1.72. The first-order chi connectivity index (χ1) is 8.75. The minimum Gasteiger partial charge on any atom is -0.456 e. The predicted octanol–water partition coefficient (Wildman–Crippen LogP) is 3.84. The number of aryl methyl sites for hydroxylation is 1. The van der Waals surface area contributed by atoms with Crippen LogP contribution in [0.25, 0.3) is 22.6 Å². The first-order valence-electron chi connectivity index (χ1n) is 5.89. The molecule has 1 heterocycles. The molecule has 0 fully saturated rings. The number of hydrogen-bond acceptors (Lipinski definition) is 2. The van der Waals surface area contributed by atoms with E-state index in [4.69, 9.17) is 9.83 Å². The highest BCUT2D eigenvalue weighted by Crippen LogP contribution is 2.29. The molecule has 1 aromatic carbocycles. The van der Waals surface area contributed by atoms with Gasteiger partial charge in [-0.05, 0) is 30.7 Å². The Bertz CT molecular complexity index is 713. The summed E-state index contributed by atoms with van der Waals surface area (Å²) in [6.07, 6.45) is 0. The third-order valence-electron chi connectivity index (χ3n) is 3.05. The molecule has 0 saturated carbocycles. The van der Waals surface area contributed by atoms with Crippen molar-refractivity contribution >= 4 is 0 Å². The summed E-state index contributed by atoms with van der Waals surface area (Å²) in [5.41, 5.74) is 3.01. The minimum absolute atomic E-state index is 0.508. The lowest BCUT2D eigenvalue weighted by atomic mass is 10.0. The van der Waals surface area contributed by atoms with Gasteiger partial charge in [-0.2, -0.15) is 0 Å². The van der Waals surface area contributed by atoms with Gasteiger partial charge in [0.2, 0.25) is 0 Å². The maximum atomic E-state index is 7.92. The summed E-state index contributed by atoms with van der Waals surface area (Å²) < 4.78 is 5.89. The van der Waals surface area contributed by atoms with Gasteiger partial charge < -0.3 is 9.83 Å². The van der Waals surface area contributed by atoms with Gasteiger partial charge in [0, 0.05) is 11.1 Å². The van der Waals surface area contributed by atoms with E-state index in [1.807, 2.05) is 55.5 Å². The zero-order chi connectivity index (χ0) is 12.5. The van der Waals surface area contributed by atoms with Gasteiger partial charge in [-0.3, -0.25) is 0 Å². The average Bonchev–Trinajstić information content (AvgIpc) is 2.39. The Morgan fingerprint density at radius 3 is 2.44 bits per heavy atom. The highest BCUT2D eigenvalue weighted by atomic mass is 16.3. The minimum atomic E-state index is 0.508. The van der Waals surface area contributed by atoms with Crippen molar-refractivity contribution in [2.24, 2.45) is 0 Å². The predicted molar refractivity (Wildman–Crippen MR) is 71.4 cm³/mol. The van der Waals surface area contributed by atoms with Gasteiger partial charge in [0.1, 0.15) is 11.5 Å². The SMILES string of the molecule is Cc1cc(-c2ccccc2)oc2cccc(=N)c1-2. The molecule has 0 spiro atoms. The molecule has 1 aromatic rings. The molecule has 2 heteroatoms. The van der Waals surface area contributed by atoms with E-state index in [0.717, 1.165) is 28.2 Å². The molecule has 0 radical (unpaired) electrons. The Morgan fingerprint density at radius 1 is 0.889 bits per heavy atom. The maximum absolute atomic E-state index is 7.92. The molecule has 2 aliphatic rings. The normalized spacial score (nSPS) is 10.7. The molecule has 0 amide bonds. The summed E-state index contributed by atoms with van der Waals surface area (Å²) in [5, 5.41) is 8.43. The number of rotatable bonds is 1. The van der Waals surface area contributed by atoms with Crippen molar-refractivity contribution in [3.63, 3.8) is 0 Å². The molecular formula is C16H13NO. The molecule has 88 valence electrons. The number of benzene rings is 2. The molecule has 1 aliphatic carbocycles. The smallest absolute Gasteiger partial charge is 0.137 e. The second-order valence-electron chi connectivity index (χ2n) is 4.34. The zero-order valence-electron chi connectivity index (χ0n) is 10.1. The van der Waals surface area contributed by atoms with Crippen LogP contribution >= 0.6 is 0 Å². The van der Waals surface area contributed by atoms with E-state index in [1.54, 1.807) is 6.07 Å². The van der Waals surface area contributed by atoms with Crippen molar-refractivity contribution in [3.8, 4) is 22.6 Å². The summed E-state index contributed by atoms with van der Waals surface area (Å²) in [6.45, 7) is 2.02. The Hall–Kier alpha value is -2.35. The van der Waals surface area contributed by atoms with Crippen LogP contribution < -0.4 is 5.36 Å². The summed E-state index contributed by atoms with van der Waals surface area (Å²) in [7, 11) is 0. The van der Waals surface area contributed by atoms with Crippen molar-refractivity contribution in [2.75, 3.05) is 0 Å². The van der Waals surface area contributed by atoms with Gasteiger partial charge in [-0.25, -0.2) is 0 Å². The summed E-state index contributed by atoms with van der Waals surface area (Å²) in [4.78, 5) is 0. The van der Waals surface area contributed by atoms with Crippen LogP contribution in [0.1, 0.15) is 5.56 Å². The second kappa shape index (κ2) is 4.15. The van der Waals surface area contributed by atoms with Crippen LogP contribution in [0.2, 0.25) is 0 Å². The van der Waals surface area contributed by atoms with Crippen LogP contribution in [0.3, 0.4) is 0 Å². The molecule has 1 aliphatic heterocycles. The van der Waals surface area contributed by atoms with Crippen LogP contribution in [0.5, 0.6) is 0 Å². The maximum Gasteiger partial charge on any atom is 0.137 e. The van der Waals surface area contributed by atoms with E-state index in [9.17, 15) is 0 Å². The first-order valence-corrected chi connectivity index (χ1v) is 5.89. The first kappa shape index (κ1) is 10.8. The standard InChI is InChI=1S/C16H13NO/c1-11-10-15(12-6-3-2-4-7-12)18-14-9-5-8-13(17)16(11)14/h2-10,17H,1H3. The van der Waals surface area contributed by atoms with Crippen LogP contribution in [0.4, 0.5) is 0 Å². The quantitative estimate of drug-likeness (QED) is 0.683. The highest BCUT2D eigenvalue weighted by Gasteiger charge is 2.11. The molecule has 18 heavy (non-hydrogen) atoms. The Labute approximate surface area is 105 Å². The highest BCUT2D eigenvalue weighted by molar-refractivity contribution is 5.68. The van der Waals surface area contributed by atoms with Gasteiger partial charge in [0.25, 0.3) is 0 Å². The molecule has 0 unspecified atom stereocenters. The summed E-state index contributed by atoms with van der Waals surface area (Å²) in [6, 6.07) is 17.6. The van der Waals surface area contributed by atoms with Crippen molar-refractivity contribution < 1.29 is 4.42 Å². The second-order valence-corrected chi connectivity index (χ2v) is 4.34. The third-order valence-corrected chi connectivity index (χ3v) is 3.05. The lowest BCUT2D eigenvalue weighted by Gasteiger charge is -2.11. The lowest BCUT2D eigenvalue weighted by molar-refractivity contribution is 0.578. The largest absolute Gasteiger partial charge is 0.456 e. The molecule has 3 rings (SSSR count). The number of nitrogens with one attached hydrogen (secondary N) is 1. The van der Waals surface area contributed by atoms with Crippen LogP contribution in [0, 0.1) is 12.3 Å². The molecule has 0 bridgehead atoms. The molecule has 2 nitrogen and oxygen atoms in total. The van der Waals surface area contributed by atoms with Gasteiger partial charge in [0.15, 0.2) is 0 Å². The fourth-order valence-corrected chi connectivity index (χ4v) is 2.18. The van der Waals surface area contributed by atoms with Crippen molar-refractivity contribution in [1.29, 1.82) is 5.41 Å². The van der Waals surface area contributed by atoms with Gasteiger partial charge in [-0.1, -0.05) is 36.4 Å². The zero-order valence-corrected chi connectivity index (χ0v) is 10.1. The van der Waals surface area contributed by atoms with E-state index >= 15 is 0 Å². The Balaban J connectivity index is 2.29. The van der Waals surface area contributed by atoms with Gasteiger partial charge in [-0.15, -0.1) is 0 Å². The van der Waals surface area contributed by atoms with E-state index in [2.05, 4.69) is 0 Å². The van der Waals surface area contributed by atoms with Gasteiger partial charge in [0.05, 0.1) is 5.36 Å². The average molecular weight is 235 g/mol. The van der Waals surface area contributed by atoms with Crippen LogP contribution in [-0.4, -0.2) is 0 Å². The molecule has 0 saturated heterocycles. The summed E-state index contributed by atoms with van der Waals surface area (Å²) >= 11 is 0. The molecule has 0 aromatic heterocycles. The Morgan fingerprint density at radius 2 is 1.67 bits per heavy atom. The van der Waals surface area contributed by atoms with Gasteiger partial charge >= 0.3 is 0 Å². The Kier molecular flexibility index (Phi) is 2.49. The monoisotopic (exact) mass is 235 g/mol. The molecular weight excluding hydrogens is 222 g/mol. The van der Waals surface area contributed by atoms with Crippen LogP contribution in [0.15, 0.2) is 59.0 Å². The number of fused-ring (bicyclic) bond motifs is 1. The topological polar surface area (TPSA) is 37.0 Å². The van der Waals surface area contributed by atoms with Crippen LogP contribution in [-0.2, 0) is 0 Å². The van der Waals surface area contributed by atoms with Crippen molar-refractivity contribution in [2.45, 2.75) is 6.92 Å². The summed E-state index contributed by atoms with van der Waals surface area (Å²) in [5.74, 6) is 1.60. The molecule has 1 N–H and O–H groups in total. The van der Waals surface area contributed by atoms with Crippen molar-refractivity contribution in [3.05, 3.63) is 65.5 Å². The van der Waals surface area contributed by atoms with E-state index < -0.39 is 0 Å². The van der Waals surface area contributed by atoms with E-state index in [0.29, 0.717) is 5.36 Å². The fourth-order valence-electron chi connectivity index (χ4n) is 2.18. The fraction of sp³-hybridized carbons (Fsp3) is 0.0625. The lowest BCUT2D eigenvalue weighted by Crippen LogP contribution is -2.05. The van der Waals surface area contributed by atoms with E-state index in [1.165, 1.54) is 0 Å². The van der Waals surface area contributed by atoms with E-state index in [-0.39, 0.29) is 0 Å². The van der Waals surface area contributed by atoms with Crippen molar-refractivity contribution in [1.82, 2.24) is 0 Å².